The lowest BCUT2D eigenvalue weighted by molar-refractivity contribution is 0.117. The lowest BCUT2D eigenvalue weighted by Crippen LogP contribution is -2.45. The van der Waals surface area contributed by atoms with Gasteiger partial charge in [0, 0.05) is 45.1 Å². The first-order valence-corrected chi connectivity index (χ1v) is 8.15. The van der Waals surface area contributed by atoms with Crippen LogP contribution in [-0.4, -0.2) is 48.8 Å². The van der Waals surface area contributed by atoms with E-state index in [0.717, 1.165) is 51.5 Å². The molecule has 0 radical (unpaired) electrons. The Bertz CT molecular complexity index is 482. The Hall–Kier alpha value is -1.64. The summed E-state index contributed by atoms with van der Waals surface area (Å²) in [7, 11) is 0. The van der Waals surface area contributed by atoms with Crippen LogP contribution in [0, 0.1) is 17.2 Å². The van der Waals surface area contributed by atoms with Gasteiger partial charge in [0.05, 0.1) is 5.56 Å². The highest BCUT2D eigenvalue weighted by Crippen LogP contribution is 2.20. The van der Waals surface area contributed by atoms with E-state index in [0.29, 0.717) is 17.5 Å². The number of nitrogens with zero attached hydrogens (tertiary/aromatic N) is 3. The van der Waals surface area contributed by atoms with Crippen molar-refractivity contribution in [3.8, 4) is 6.07 Å². The van der Waals surface area contributed by atoms with Crippen molar-refractivity contribution in [3.63, 3.8) is 0 Å². The molecular formula is C17H26N4O. The van der Waals surface area contributed by atoms with Gasteiger partial charge in [0.25, 0.3) is 0 Å². The second-order valence-electron chi connectivity index (χ2n) is 5.91. The van der Waals surface area contributed by atoms with E-state index in [2.05, 4.69) is 28.2 Å². The zero-order valence-corrected chi connectivity index (χ0v) is 13.6. The van der Waals surface area contributed by atoms with Gasteiger partial charge in [-0.15, -0.1) is 0 Å². The average Bonchev–Trinajstić information content (AvgIpc) is 2.55. The van der Waals surface area contributed by atoms with Crippen LogP contribution in [0.25, 0.3) is 0 Å². The maximum atomic E-state index is 8.80. The molecular weight excluding hydrogens is 276 g/mol. The number of nitrogens with one attached hydrogen (secondary N) is 1. The first-order valence-electron chi connectivity index (χ1n) is 8.15. The van der Waals surface area contributed by atoms with Gasteiger partial charge in [-0.05, 0) is 37.8 Å². The predicted molar refractivity (Wildman–Crippen MR) is 87.7 cm³/mol. The van der Waals surface area contributed by atoms with Gasteiger partial charge in [0.15, 0.2) is 0 Å². The largest absolute Gasteiger partial charge is 0.382 e. The number of pyridine rings is 1. The summed E-state index contributed by atoms with van der Waals surface area (Å²) in [4.78, 5) is 6.83. The standard InChI is InChI=1S/C17H26N4O/c1-3-22-10-4-8-21-9-7-16(14(2)13-21)20-17-6-5-15(11-18)12-19-17/h5-6,12,14,16H,3-4,7-10,13H2,1-2H3,(H,19,20). The molecule has 2 heterocycles. The fourth-order valence-electron chi connectivity index (χ4n) is 2.92. The van der Waals surface area contributed by atoms with E-state index in [1.165, 1.54) is 0 Å². The quantitative estimate of drug-likeness (QED) is 0.784. The van der Waals surface area contributed by atoms with Crippen molar-refractivity contribution in [2.45, 2.75) is 32.7 Å². The van der Waals surface area contributed by atoms with Crippen LogP contribution in [0.3, 0.4) is 0 Å². The maximum absolute atomic E-state index is 8.80. The van der Waals surface area contributed by atoms with Gasteiger partial charge >= 0.3 is 0 Å². The third-order valence-electron chi connectivity index (χ3n) is 4.18. The second kappa shape index (κ2) is 8.72. The van der Waals surface area contributed by atoms with Gasteiger partial charge in [-0.25, -0.2) is 4.98 Å². The Kier molecular flexibility index (Phi) is 6.63. The zero-order valence-electron chi connectivity index (χ0n) is 13.6. The van der Waals surface area contributed by atoms with Gasteiger partial charge < -0.3 is 15.0 Å². The highest BCUT2D eigenvalue weighted by atomic mass is 16.5. The van der Waals surface area contributed by atoms with Crippen molar-refractivity contribution in [1.29, 1.82) is 5.26 Å². The Balaban J connectivity index is 1.76. The van der Waals surface area contributed by atoms with Crippen molar-refractivity contribution in [3.05, 3.63) is 23.9 Å². The molecule has 5 heteroatoms. The third kappa shape index (κ3) is 4.97. The predicted octanol–water partition coefficient (Wildman–Crippen LogP) is 2.50. The van der Waals surface area contributed by atoms with E-state index in [4.69, 9.17) is 10.00 Å². The number of hydrogen-bond acceptors (Lipinski definition) is 5. The van der Waals surface area contributed by atoms with Crippen molar-refractivity contribution < 1.29 is 4.74 Å². The number of rotatable bonds is 7. The number of aromatic nitrogens is 1. The molecule has 0 aliphatic carbocycles. The van der Waals surface area contributed by atoms with Gasteiger partial charge in [-0.3, -0.25) is 0 Å². The van der Waals surface area contributed by atoms with Gasteiger partial charge in [0.1, 0.15) is 11.9 Å². The molecule has 5 nitrogen and oxygen atoms in total. The molecule has 1 saturated heterocycles. The molecule has 0 bridgehead atoms. The summed E-state index contributed by atoms with van der Waals surface area (Å²) in [6.45, 7) is 9.33. The van der Waals surface area contributed by atoms with E-state index in [9.17, 15) is 0 Å². The molecule has 2 atom stereocenters. The first-order chi connectivity index (χ1) is 10.7. The lowest BCUT2D eigenvalue weighted by Gasteiger charge is -2.37. The summed E-state index contributed by atoms with van der Waals surface area (Å²) in [5.74, 6) is 1.44. The minimum atomic E-state index is 0.448. The minimum absolute atomic E-state index is 0.448. The molecule has 2 unspecified atom stereocenters. The molecule has 0 amide bonds. The summed E-state index contributed by atoms with van der Waals surface area (Å²) in [5.41, 5.74) is 0.600. The van der Waals surface area contributed by atoms with E-state index in [1.807, 2.05) is 19.1 Å². The van der Waals surface area contributed by atoms with Crippen LogP contribution in [-0.2, 0) is 4.74 Å². The average molecular weight is 302 g/mol. The molecule has 1 aliphatic rings. The summed E-state index contributed by atoms with van der Waals surface area (Å²) in [5, 5.41) is 12.3. The third-order valence-corrected chi connectivity index (χ3v) is 4.18. The molecule has 22 heavy (non-hydrogen) atoms. The van der Waals surface area contributed by atoms with Crippen LogP contribution in [0.15, 0.2) is 18.3 Å². The van der Waals surface area contributed by atoms with E-state index < -0.39 is 0 Å². The Labute approximate surface area is 133 Å². The molecule has 120 valence electrons. The number of nitriles is 1. The van der Waals surface area contributed by atoms with Crippen molar-refractivity contribution >= 4 is 5.82 Å². The molecule has 1 N–H and O–H groups in total. The van der Waals surface area contributed by atoms with E-state index >= 15 is 0 Å². The molecule has 0 spiro atoms. The topological polar surface area (TPSA) is 61.2 Å². The molecule has 0 saturated carbocycles. The van der Waals surface area contributed by atoms with Crippen molar-refractivity contribution in [2.24, 2.45) is 5.92 Å². The molecule has 1 fully saturated rings. The number of likely N-dealkylation sites (tertiary alicyclic amines) is 1. The molecule has 1 aromatic rings. The smallest absolute Gasteiger partial charge is 0.126 e. The van der Waals surface area contributed by atoms with Gasteiger partial charge in [-0.2, -0.15) is 5.26 Å². The van der Waals surface area contributed by atoms with Crippen molar-refractivity contribution in [1.82, 2.24) is 9.88 Å². The summed E-state index contributed by atoms with van der Waals surface area (Å²) >= 11 is 0. The maximum Gasteiger partial charge on any atom is 0.126 e. The highest BCUT2D eigenvalue weighted by molar-refractivity contribution is 5.40. The van der Waals surface area contributed by atoms with Crippen molar-refractivity contribution in [2.75, 3.05) is 38.2 Å². The monoisotopic (exact) mass is 302 g/mol. The number of hydrogen-bond donors (Lipinski definition) is 1. The van der Waals surface area contributed by atoms with Crippen LogP contribution in [0.2, 0.25) is 0 Å². The van der Waals surface area contributed by atoms with Gasteiger partial charge in [0.2, 0.25) is 0 Å². The van der Waals surface area contributed by atoms with Crippen LogP contribution in [0.5, 0.6) is 0 Å². The number of anilines is 1. The summed E-state index contributed by atoms with van der Waals surface area (Å²) in [6, 6.07) is 6.24. The fraction of sp³-hybridized carbons (Fsp3) is 0.647. The molecule has 0 aromatic carbocycles. The highest BCUT2D eigenvalue weighted by Gasteiger charge is 2.25. The second-order valence-corrected chi connectivity index (χ2v) is 5.91. The molecule has 1 aliphatic heterocycles. The molecule has 2 rings (SSSR count). The fourth-order valence-corrected chi connectivity index (χ4v) is 2.92. The van der Waals surface area contributed by atoms with Crippen LogP contribution < -0.4 is 5.32 Å². The van der Waals surface area contributed by atoms with Crippen LogP contribution in [0.4, 0.5) is 5.82 Å². The van der Waals surface area contributed by atoms with Crippen LogP contribution >= 0.6 is 0 Å². The Morgan fingerprint density at radius 2 is 2.36 bits per heavy atom. The first kappa shape index (κ1) is 16.7. The zero-order chi connectivity index (χ0) is 15.8. The summed E-state index contributed by atoms with van der Waals surface area (Å²) in [6.07, 6.45) is 3.85. The Morgan fingerprint density at radius 1 is 1.50 bits per heavy atom. The lowest BCUT2D eigenvalue weighted by atomic mass is 9.93. The van der Waals surface area contributed by atoms with Gasteiger partial charge in [-0.1, -0.05) is 6.92 Å². The number of ether oxygens (including phenoxy) is 1. The minimum Gasteiger partial charge on any atom is -0.382 e. The summed E-state index contributed by atoms with van der Waals surface area (Å²) < 4.78 is 5.40. The van der Waals surface area contributed by atoms with E-state index in [-0.39, 0.29) is 0 Å². The van der Waals surface area contributed by atoms with E-state index in [1.54, 1.807) is 6.20 Å². The molecule has 1 aromatic heterocycles. The van der Waals surface area contributed by atoms with Crippen LogP contribution in [0.1, 0.15) is 32.3 Å². The SMILES string of the molecule is CCOCCCN1CCC(Nc2ccc(C#N)cn2)C(C)C1. The Morgan fingerprint density at radius 3 is 3.00 bits per heavy atom. The number of piperidine rings is 1. The normalized spacial score (nSPS) is 22.2.